The average Bonchev–Trinajstić information content (AvgIpc) is 2.88. The molecule has 2 rings (SSSR count). The number of hydrogen-bond donors (Lipinski definition) is 2. The molecular weight excluding hydrogens is 174 g/mol. The first-order chi connectivity index (χ1) is 6.70. The highest BCUT2D eigenvalue weighted by Crippen LogP contribution is 2.44. The fraction of sp³-hybridized carbons (Fsp3) is 0.500. The maximum absolute atomic E-state index is 9.52. The largest absolute Gasteiger partial charge is 0.508 e. The number of nitrogens with one attached hydrogen (secondary N) is 1. The predicted molar refractivity (Wildman–Crippen MR) is 57.2 cm³/mol. The normalized spacial score (nSPS) is 18.1. The number of para-hydroxylation sites is 1. The summed E-state index contributed by atoms with van der Waals surface area (Å²) in [5, 5.41) is 12.9. The van der Waals surface area contributed by atoms with Crippen molar-refractivity contribution in [2.75, 3.05) is 6.54 Å². The van der Waals surface area contributed by atoms with E-state index < -0.39 is 0 Å². The summed E-state index contributed by atoms with van der Waals surface area (Å²) in [6.07, 6.45) is 2.67. The molecule has 1 aliphatic carbocycles. The topological polar surface area (TPSA) is 32.3 Å². The summed E-state index contributed by atoms with van der Waals surface area (Å²) in [5.74, 6) is 0.390. The van der Waals surface area contributed by atoms with Crippen molar-refractivity contribution < 1.29 is 5.11 Å². The molecule has 0 aromatic heterocycles. The van der Waals surface area contributed by atoms with Crippen molar-refractivity contribution in [1.29, 1.82) is 0 Å². The summed E-state index contributed by atoms with van der Waals surface area (Å²) in [5.41, 5.74) is 1.52. The Labute approximate surface area is 85.0 Å². The minimum Gasteiger partial charge on any atom is -0.508 e. The summed E-state index contributed by atoms with van der Waals surface area (Å²) >= 11 is 0. The highest BCUT2D eigenvalue weighted by molar-refractivity contribution is 5.31. The number of hydrogen-bond acceptors (Lipinski definition) is 2. The number of rotatable bonds is 4. The second kappa shape index (κ2) is 3.62. The molecule has 0 atom stereocenters. The first-order valence-electron chi connectivity index (χ1n) is 5.17. The molecule has 1 saturated carbocycles. The Morgan fingerprint density at radius 2 is 2.07 bits per heavy atom. The molecule has 0 bridgehead atoms. The fourth-order valence-electron chi connectivity index (χ4n) is 1.55. The van der Waals surface area contributed by atoms with Gasteiger partial charge in [0.05, 0.1) is 0 Å². The van der Waals surface area contributed by atoms with Crippen LogP contribution in [0.4, 0.5) is 0 Å². The second-order valence-electron chi connectivity index (χ2n) is 4.54. The van der Waals surface area contributed by atoms with Crippen molar-refractivity contribution in [3.05, 3.63) is 29.8 Å². The first-order valence-corrected chi connectivity index (χ1v) is 5.17. The van der Waals surface area contributed by atoms with Crippen LogP contribution < -0.4 is 5.32 Å². The van der Waals surface area contributed by atoms with Crippen LogP contribution >= 0.6 is 0 Å². The average molecular weight is 191 g/mol. The third kappa shape index (κ3) is 2.26. The van der Waals surface area contributed by atoms with Gasteiger partial charge in [0.25, 0.3) is 0 Å². The Morgan fingerprint density at radius 3 is 2.71 bits per heavy atom. The van der Waals surface area contributed by atoms with Crippen LogP contribution in [0, 0.1) is 5.41 Å². The molecule has 0 spiro atoms. The van der Waals surface area contributed by atoms with Crippen molar-refractivity contribution in [1.82, 2.24) is 5.32 Å². The van der Waals surface area contributed by atoms with Crippen LogP contribution in [-0.4, -0.2) is 11.7 Å². The van der Waals surface area contributed by atoms with Crippen LogP contribution in [0.3, 0.4) is 0 Å². The summed E-state index contributed by atoms with van der Waals surface area (Å²) in [6, 6.07) is 7.49. The van der Waals surface area contributed by atoms with Gasteiger partial charge in [-0.2, -0.15) is 0 Å². The molecule has 0 unspecified atom stereocenters. The second-order valence-corrected chi connectivity index (χ2v) is 4.54. The molecule has 1 aliphatic rings. The molecule has 0 aliphatic heterocycles. The van der Waals surface area contributed by atoms with Gasteiger partial charge in [-0.25, -0.2) is 0 Å². The van der Waals surface area contributed by atoms with Crippen molar-refractivity contribution in [2.24, 2.45) is 5.41 Å². The van der Waals surface area contributed by atoms with Gasteiger partial charge in [-0.1, -0.05) is 25.1 Å². The van der Waals surface area contributed by atoms with Gasteiger partial charge >= 0.3 is 0 Å². The minimum atomic E-state index is 0.390. The SMILES string of the molecule is CC1(CNCc2ccccc2O)CC1. The van der Waals surface area contributed by atoms with Crippen molar-refractivity contribution >= 4 is 0 Å². The van der Waals surface area contributed by atoms with E-state index >= 15 is 0 Å². The van der Waals surface area contributed by atoms with Crippen LogP contribution in [0.5, 0.6) is 5.75 Å². The number of aromatic hydroxyl groups is 1. The highest BCUT2D eigenvalue weighted by atomic mass is 16.3. The lowest BCUT2D eigenvalue weighted by molar-refractivity contribution is 0.455. The van der Waals surface area contributed by atoms with Crippen LogP contribution in [0.1, 0.15) is 25.3 Å². The molecule has 76 valence electrons. The summed E-state index contributed by atoms with van der Waals surface area (Å²) in [6.45, 7) is 4.12. The van der Waals surface area contributed by atoms with Crippen molar-refractivity contribution in [3.63, 3.8) is 0 Å². The lowest BCUT2D eigenvalue weighted by atomic mass is 10.1. The Balaban J connectivity index is 1.83. The zero-order chi connectivity index (χ0) is 10.0. The summed E-state index contributed by atoms with van der Waals surface area (Å²) in [7, 11) is 0. The van der Waals surface area contributed by atoms with Crippen LogP contribution in [0.25, 0.3) is 0 Å². The van der Waals surface area contributed by atoms with E-state index in [4.69, 9.17) is 0 Å². The number of benzene rings is 1. The predicted octanol–water partition coefficient (Wildman–Crippen LogP) is 2.28. The van der Waals surface area contributed by atoms with E-state index in [0.717, 1.165) is 18.7 Å². The zero-order valence-corrected chi connectivity index (χ0v) is 8.59. The Hall–Kier alpha value is -1.02. The molecule has 1 aromatic rings. The van der Waals surface area contributed by atoms with Gasteiger partial charge in [0.1, 0.15) is 5.75 Å². The quantitative estimate of drug-likeness (QED) is 0.765. The van der Waals surface area contributed by atoms with E-state index in [1.54, 1.807) is 6.07 Å². The number of phenolic OH excluding ortho intramolecular Hbond substituents is 1. The van der Waals surface area contributed by atoms with Gasteiger partial charge in [-0.05, 0) is 24.3 Å². The van der Waals surface area contributed by atoms with E-state index in [2.05, 4.69) is 12.2 Å². The maximum atomic E-state index is 9.52. The Bertz CT molecular complexity index is 318. The monoisotopic (exact) mass is 191 g/mol. The fourth-order valence-corrected chi connectivity index (χ4v) is 1.55. The lowest BCUT2D eigenvalue weighted by Gasteiger charge is -2.10. The molecule has 0 radical (unpaired) electrons. The molecule has 2 heteroatoms. The highest BCUT2D eigenvalue weighted by Gasteiger charge is 2.36. The molecule has 1 fully saturated rings. The standard InChI is InChI=1S/C12H17NO/c1-12(6-7-12)9-13-8-10-4-2-3-5-11(10)14/h2-5,13-14H,6-9H2,1H3. The molecule has 0 heterocycles. The van der Waals surface area contributed by atoms with Crippen molar-refractivity contribution in [3.8, 4) is 5.75 Å². The molecule has 14 heavy (non-hydrogen) atoms. The smallest absolute Gasteiger partial charge is 0.120 e. The van der Waals surface area contributed by atoms with Crippen LogP contribution in [0.2, 0.25) is 0 Å². The minimum absolute atomic E-state index is 0.390. The number of phenols is 1. The maximum Gasteiger partial charge on any atom is 0.120 e. The van der Waals surface area contributed by atoms with Crippen molar-refractivity contribution in [2.45, 2.75) is 26.3 Å². The van der Waals surface area contributed by atoms with Gasteiger partial charge in [0.2, 0.25) is 0 Å². The van der Waals surface area contributed by atoms with Gasteiger partial charge in [0.15, 0.2) is 0 Å². The summed E-state index contributed by atoms with van der Waals surface area (Å²) in [4.78, 5) is 0. The van der Waals surface area contributed by atoms with Crippen LogP contribution in [0.15, 0.2) is 24.3 Å². The van der Waals surface area contributed by atoms with Gasteiger partial charge in [0, 0.05) is 18.7 Å². The van der Waals surface area contributed by atoms with Gasteiger partial charge < -0.3 is 10.4 Å². The third-order valence-corrected chi connectivity index (χ3v) is 2.96. The molecule has 0 saturated heterocycles. The molecule has 2 nitrogen and oxygen atoms in total. The zero-order valence-electron chi connectivity index (χ0n) is 8.59. The van der Waals surface area contributed by atoms with E-state index in [1.165, 1.54) is 12.8 Å². The van der Waals surface area contributed by atoms with E-state index in [-0.39, 0.29) is 0 Å². The van der Waals surface area contributed by atoms with E-state index in [1.807, 2.05) is 18.2 Å². The molecule has 0 amide bonds. The van der Waals surface area contributed by atoms with Gasteiger partial charge in [-0.15, -0.1) is 0 Å². The molecule has 1 aromatic carbocycles. The molecule has 2 N–H and O–H groups in total. The molecular formula is C12H17NO. The Morgan fingerprint density at radius 1 is 1.36 bits per heavy atom. The first kappa shape index (κ1) is 9.53. The van der Waals surface area contributed by atoms with E-state index in [9.17, 15) is 5.11 Å². The van der Waals surface area contributed by atoms with Crippen LogP contribution in [-0.2, 0) is 6.54 Å². The Kier molecular flexibility index (Phi) is 2.46. The van der Waals surface area contributed by atoms with Gasteiger partial charge in [-0.3, -0.25) is 0 Å². The third-order valence-electron chi connectivity index (χ3n) is 2.96. The lowest BCUT2D eigenvalue weighted by Crippen LogP contribution is -2.21. The summed E-state index contributed by atoms with van der Waals surface area (Å²) < 4.78 is 0. The van der Waals surface area contributed by atoms with E-state index in [0.29, 0.717) is 11.2 Å².